The van der Waals surface area contributed by atoms with E-state index in [1.807, 2.05) is 41.9 Å². The Hall–Kier alpha value is -1.82. The van der Waals surface area contributed by atoms with Crippen molar-refractivity contribution in [2.75, 3.05) is 5.75 Å². The quantitative estimate of drug-likeness (QED) is 0.831. The summed E-state index contributed by atoms with van der Waals surface area (Å²) in [4.78, 5) is 12.3. The molecule has 0 bridgehead atoms. The summed E-state index contributed by atoms with van der Waals surface area (Å²) in [6.45, 7) is 4.53. The lowest BCUT2D eigenvalue weighted by atomic mass is 9.78. The van der Waals surface area contributed by atoms with E-state index in [1.165, 1.54) is 24.6 Å². The van der Waals surface area contributed by atoms with Crippen molar-refractivity contribution in [3.8, 4) is 11.4 Å². The van der Waals surface area contributed by atoms with Gasteiger partial charge in [0.15, 0.2) is 11.0 Å². The highest BCUT2D eigenvalue weighted by atomic mass is 32.2. The summed E-state index contributed by atoms with van der Waals surface area (Å²) < 4.78 is 1.94. The zero-order valence-electron chi connectivity index (χ0n) is 15.1. The van der Waals surface area contributed by atoms with E-state index in [0.29, 0.717) is 23.6 Å². The van der Waals surface area contributed by atoms with Gasteiger partial charge in [-0.1, -0.05) is 68.8 Å². The van der Waals surface area contributed by atoms with Gasteiger partial charge in [0.1, 0.15) is 0 Å². The monoisotopic (exact) mass is 358 g/mol. The van der Waals surface area contributed by atoms with Gasteiger partial charge in [-0.05, 0) is 18.3 Å². The van der Waals surface area contributed by atoms with Crippen LogP contribution in [0.2, 0.25) is 0 Å². The van der Waals surface area contributed by atoms with Crippen LogP contribution >= 0.6 is 11.8 Å². The van der Waals surface area contributed by atoms with Crippen molar-refractivity contribution in [2.45, 2.75) is 44.3 Å². The van der Waals surface area contributed by atoms with Gasteiger partial charge >= 0.3 is 0 Å². The Kier molecular flexibility index (Phi) is 5.78. The molecule has 1 aromatic heterocycles. The summed E-state index contributed by atoms with van der Waals surface area (Å²) in [6.07, 6.45) is 3.56. The largest absolute Gasteiger partial charge is 0.352 e. The van der Waals surface area contributed by atoms with Crippen LogP contribution in [0.3, 0.4) is 0 Å². The van der Waals surface area contributed by atoms with Crippen LogP contribution in [0.5, 0.6) is 0 Å². The summed E-state index contributed by atoms with van der Waals surface area (Å²) in [7, 11) is 1.94. The number of benzene rings is 1. The Morgan fingerprint density at radius 2 is 2.00 bits per heavy atom. The molecule has 1 saturated carbocycles. The molecular formula is C19H26N4OS. The highest BCUT2D eigenvalue weighted by Crippen LogP contribution is 2.29. The lowest BCUT2D eigenvalue weighted by molar-refractivity contribution is -0.120. The van der Waals surface area contributed by atoms with Crippen molar-refractivity contribution in [1.82, 2.24) is 20.1 Å². The van der Waals surface area contributed by atoms with Crippen LogP contribution in [-0.4, -0.2) is 32.5 Å². The molecule has 1 heterocycles. The second kappa shape index (κ2) is 8.04. The van der Waals surface area contributed by atoms with Gasteiger partial charge in [-0.15, -0.1) is 10.2 Å². The normalized spacial score (nSPS) is 23.4. The SMILES string of the molecule is CC1CCCC(NC(=O)CSc2nnc(-c3ccccc3)n2C)C1C. The Labute approximate surface area is 153 Å². The number of thioether (sulfide) groups is 1. The van der Waals surface area contributed by atoms with E-state index in [0.717, 1.165) is 23.0 Å². The van der Waals surface area contributed by atoms with Gasteiger partial charge in [-0.3, -0.25) is 4.79 Å². The molecule has 3 unspecified atom stereocenters. The fourth-order valence-corrected chi connectivity index (χ4v) is 4.17. The molecule has 1 aliphatic carbocycles. The molecule has 1 aromatic carbocycles. The van der Waals surface area contributed by atoms with Gasteiger partial charge in [0.25, 0.3) is 0 Å². The number of nitrogens with zero attached hydrogens (tertiary/aromatic N) is 3. The van der Waals surface area contributed by atoms with Gasteiger partial charge in [0.05, 0.1) is 5.75 Å². The van der Waals surface area contributed by atoms with E-state index < -0.39 is 0 Å². The summed E-state index contributed by atoms with van der Waals surface area (Å²) in [5, 5.41) is 12.5. The standard InChI is InChI=1S/C19H26N4OS/c1-13-8-7-11-16(14(13)2)20-17(24)12-25-19-22-21-18(23(19)3)15-9-5-4-6-10-15/h4-6,9-10,13-14,16H,7-8,11-12H2,1-3H3,(H,20,24). The molecule has 3 rings (SSSR count). The fourth-order valence-electron chi connectivity index (χ4n) is 3.44. The van der Waals surface area contributed by atoms with Gasteiger partial charge in [0, 0.05) is 18.7 Å². The minimum Gasteiger partial charge on any atom is -0.352 e. The van der Waals surface area contributed by atoms with Crippen LogP contribution in [0.25, 0.3) is 11.4 Å². The molecule has 0 aliphatic heterocycles. The topological polar surface area (TPSA) is 59.8 Å². The first-order chi connectivity index (χ1) is 12.1. The summed E-state index contributed by atoms with van der Waals surface area (Å²) in [5.74, 6) is 2.50. The average molecular weight is 359 g/mol. The minimum absolute atomic E-state index is 0.0835. The number of carbonyl (C=O) groups excluding carboxylic acids is 1. The second-order valence-corrected chi connectivity index (χ2v) is 7.90. The number of hydrogen-bond acceptors (Lipinski definition) is 4. The first-order valence-electron chi connectivity index (χ1n) is 8.93. The first kappa shape index (κ1) is 18.0. The Bertz CT molecular complexity index is 715. The van der Waals surface area contributed by atoms with E-state index in [9.17, 15) is 4.79 Å². The van der Waals surface area contributed by atoms with E-state index in [-0.39, 0.29) is 5.91 Å². The number of aromatic nitrogens is 3. The van der Waals surface area contributed by atoms with E-state index >= 15 is 0 Å². The molecule has 1 amide bonds. The van der Waals surface area contributed by atoms with Crippen LogP contribution < -0.4 is 5.32 Å². The highest BCUT2D eigenvalue weighted by Gasteiger charge is 2.28. The molecule has 134 valence electrons. The summed E-state index contributed by atoms with van der Waals surface area (Å²) in [6, 6.07) is 10.3. The van der Waals surface area contributed by atoms with E-state index in [1.54, 1.807) is 0 Å². The smallest absolute Gasteiger partial charge is 0.230 e. The first-order valence-corrected chi connectivity index (χ1v) is 9.91. The lowest BCUT2D eigenvalue weighted by Crippen LogP contribution is -2.44. The van der Waals surface area contributed by atoms with Gasteiger partial charge < -0.3 is 9.88 Å². The molecule has 1 N–H and O–H groups in total. The molecule has 2 aromatic rings. The van der Waals surface area contributed by atoms with Crippen molar-refractivity contribution in [2.24, 2.45) is 18.9 Å². The molecule has 1 aliphatic rings. The zero-order valence-corrected chi connectivity index (χ0v) is 15.9. The summed E-state index contributed by atoms with van der Waals surface area (Å²) in [5.41, 5.74) is 1.03. The Morgan fingerprint density at radius 1 is 1.24 bits per heavy atom. The van der Waals surface area contributed by atoms with E-state index in [4.69, 9.17) is 0 Å². The molecule has 3 atom stereocenters. The molecule has 0 radical (unpaired) electrons. The maximum absolute atomic E-state index is 12.3. The predicted octanol–water partition coefficient (Wildman–Crippen LogP) is 3.52. The van der Waals surface area contributed by atoms with Crippen molar-refractivity contribution >= 4 is 17.7 Å². The number of rotatable bonds is 5. The molecule has 1 fully saturated rings. The molecular weight excluding hydrogens is 332 g/mol. The van der Waals surface area contributed by atoms with Crippen LogP contribution in [0.15, 0.2) is 35.5 Å². The molecule has 25 heavy (non-hydrogen) atoms. The number of hydrogen-bond donors (Lipinski definition) is 1. The zero-order chi connectivity index (χ0) is 17.8. The van der Waals surface area contributed by atoms with Gasteiger partial charge in [-0.25, -0.2) is 0 Å². The van der Waals surface area contributed by atoms with Crippen molar-refractivity contribution in [3.63, 3.8) is 0 Å². The van der Waals surface area contributed by atoms with Gasteiger partial charge in [-0.2, -0.15) is 0 Å². The predicted molar refractivity (Wildman–Crippen MR) is 101 cm³/mol. The van der Waals surface area contributed by atoms with Crippen molar-refractivity contribution < 1.29 is 4.79 Å². The van der Waals surface area contributed by atoms with Crippen LogP contribution in [0.1, 0.15) is 33.1 Å². The Morgan fingerprint density at radius 3 is 2.76 bits per heavy atom. The van der Waals surface area contributed by atoms with Crippen LogP contribution in [0.4, 0.5) is 0 Å². The molecule has 5 nitrogen and oxygen atoms in total. The molecule has 0 spiro atoms. The maximum atomic E-state index is 12.3. The van der Waals surface area contributed by atoms with Crippen LogP contribution in [0, 0.1) is 11.8 Å². The third-order valence-electron chi connectivity index (χ3n) is 5.25. The summed E-state index contributed by atoms with van der Waals surface area (Å²) >= 11 is 1.44. The van der Waals surface area contributed by atoms with E-state index in [2.05, 4.69) is 29.4 Å². The number of carbonyl (C=O) groups is 1. The highest BCUT2D eigenvalue weighted by molar-refractivity contribution is 7.99. The van der Waals surface area contributed by atoms with Crippen LogP contribution in [-0.2, 0) is 11.8 Å². The molecule has 6 heteroatoms. The van der Waals surface area contributed by atoms with Gasteiger partial charge in [0.2, 0.25) is 5.91 Å². The number of amides is 1. The fraction of sp³-hybridized carbons (Fsp3) is 0.526. The third-order valence-corrected chi connectivity index (χ3v) is 6.27. The maximum Gasteiger partial charge on any atom is 0.230 e. The number of nitrogens with one attached hydrogen (secondary N) is 1. The Balaban J connectivity index is 1.57. The third kappa shape index (κ3) is 4.24. The minimum atomic E-state index is 0.0835. The lowest BCUT2D eigenvalue weighted by Gasteiger charge is -2.34. The average Bonchev–Trinajstić information content (AvgIpc) is 2.99. The van der Waals surface area contributed by atoms with Crippen molar-refractivity contribution in [1.29, 1.82) is 0 Å². The molecule has 0 saturated heterocycles. The van der Waals surface area contributed by atoms with Crippen molar-refractivity contribution in [3.05, 3.63) is 30.3 Å². The second-order valence-electron chi connectivity index (χ2n) is 6.96.